The van der Waals surface area contributed by atoms with Gasteiger partial charge in [-0.15, -0.1) is 0 Å². The second-order valence-electron chi connectivity index (χ2n) is 7.63. The summed E-state index contributed by atoms with van der Waals surface area (Å²) >= 11 is 0. The Morgan fingerprint density at radius 3 is 2.69 bits per heavy atom. The van der Waals surface area contributed by atoms with Gasteiger partial charge >= 0.3 is 0 Å². The Balaban J connectivity index is 1.55. The molecule has 0 radical (unpaired) electrons. The molecule has 0 N–H and O–H groups in total. The standard InChI is InChI=1S/C17H26N6O2S/c1-21-6-2-14(3-7-21)10-16-19-17(11-22-8-5-18-13-22)23(20-16)15-4-9-26(24,25)12-15/h5,8,13-15H,2-4,6-7,9-12H2,1H3. The van der Waals surface area contributed by atoms with Crippen molar-refractivity contribution in [1.82, 2.24) is 29.2 Å². The molecule has 2 aliphatic heterocycles. The van der Waals surface area contributed by atoms with Crippen molar-refractivity contribution in [3.8, 4) is 0 Å². The molecule has 4 heterocycles. The maximum absolute atomic E-state index is 11.9. The molecule has 0 saturated carbocycles. The van der Waals surface area contributed by atoms with E-state index in [1.807, 2.05) is 15.4 Å². The molecule has 26 heavy (non-hydrogen) atoms. The van der Waals surface area contributed by atoms with E-state index in [2.05, 4.69) is 16.9 Å². The van der Waals surface area contributed by atoms with Crippen LogP contribution in [-0.2, 0) is 22.8 Å². The summed E-state index contributed by atoms with van der Waals surface area (Å²) in [6, 6.07) is -0.0998. The van der Waals surface area contributed by atoms with Gasteiger partial charge in [0, 0.05) is 18.8 Å². The minimum Gasteiger partial charge on any atom is -0.330 e. The highest BCUT2D eigenvalue weighted by Gasteiger charge is 2.32. The van der Waals surface area contributed by atoms with E-state index >= 15 is 0 Å². The highest BCUT2D eigenvalue weighted by atomic mass is 32.2. The van der Waals surface area contributed by atoms with E-state index in [0.29, 0.717) is 18.9 Å². The Hall–Kier alpha value is -1.74. The third-order valence-electron chi connectivity index (χ3n) is 5.49. The van der Waals surface area contributed by atoms with Crippen LogP contribution in [0.2, 0.25) is 0 Å². The van der Waals surface area contributed by atoms with Crippen molar-refractivity contribution in [1.29, 1.82) is 0 Å². The Bertz CT molecular complexity index is 837. The average Bonchev–Trinajstić information content (AvgIpc) is 3.31. The fraction of sp³-hybridized carbons (Fsp3) is 0.706. The van der Waals surface area contributed by atoms with Gasteiger partial charge in [-0.1, -0.05) is 0 Å². The Morgan fingerprint density at radius 1 is 1.23 bits per heavy atom. The van der Waals surface area contributed by atoms with Crippen LogP contribution in [0.25, 0.3) is 0 Å². The van der Waals surface area contributed by atoms with Crippen LogP contribution in [0, 0.1) is 5.92 Å². The summed E-state index contributed by atoms with van der Waals surface area (Å²) in [5.74, 6) is 2.69. The molecule has 2 aromatic heterocycles. The number of nitrogens with zero attached hydrogens (tertiary/aromatic N) is 6. The van der Waals surface area contributed by atoms with E-state index in [0.717, 1.165) is 31.2 Å². The van der Waals surface area contributed by atoms with Crippen LogP contribution in [-0.4, -0.2) is 69.3 Å². The van der Waals surface area contributed by atoms with E-state index in [-0.39, 0.29) is 17.5 Å². The second-order valence-corrected chi connectivity index (χ2v) is 9.86. The molecule has 0 bridgehead atoms. The van der Waals surface area contributed by atoms with Crippen LogP contribution in [0.1, 0.15) is 37.0 Å². The van der Waals surface area contributed by atoms with Gasteiger partial charge in [0.2, 0.25) is 0 Å². The number of imidazole rings is 1. The first kappa shape index (κ1) is 17.7. The van der Waals surface area contributed by atoms with Crippen LogP contribution >= 0.6 is 0 Å². The summed E-state index contributed by atoms with van der Waals surface area (Å²) in [6.07, 6.45) is 9.20. The van der Waals surface area contributed by atoms with Crippen LogP contribution in [0.5, 0.6) is 0 Å². The first-order chi connectivity index (χ1) is 12.5. The largest absolute Gasteiger partial charge is 0.330 e. The molecule has 0 aliphatic carbocycles. The van der Waals surface area contributed by atoms with Gasteiger partial charge in [0.25, 0.3) is 0 Å². The van der Waals surface area contributed by atoms with Crippen molar-refractivity contribution in [2.45, 2.75) is 38.3 Å². The minimum absolute atomic E-state index is 0.0998. The summed E-state index contributed by atoms with van der Waals surface area (Å²) in [6.45, 7) is 2.80. The predicted molar refractivity (Wildman–Crippen MR) is 97.6 cm³/mol. The monoisotopic (exact) mass is 378 g/mol. The molecule has 2 aromatic rings. The molecule has 4 rings (SSSR count). The van der Waals surface area contributed by atoms with Gasteiger partial charge in [-0.05, 0) is 45.3 Å². The Morgan fingerprint density at radius 2 is 2.04 bits per heavy atom. The molecule has 2 saturated heterocycles. The molecular formula is C17H26N6O2S. The zero-order valence-electron chi connectivity index (χ0n) is 15.2. The maximum Gasteiger partial charge on any atom is 0.152 e. The molecule has 8 nitrogen and oxygen atoms in total. The smallest absolute Gasteiger partial charge is 0.152 e. The quantitative estimate of drug-likeness (QED) is 0.764. The third-order valence-corrected chi connectivity index (χ3v) is 7.24. The summed E-state index contributed by atoms with van der Waals surface area (Å²) in [5.41, 5.74) is 0. The number of hydrogen-bond donors (Lipinski definition) is 0. The van der Waals surface area contributed by atoms with Crippen LogP contribution in [0.3, 0.4) is 0 Å². The van der Waals surface area contributed by atoms with Crippen LogP contribution in [0.15, 0.2) is 18.7 Å². The third kappa shape index (κ3) is 3.98. The summed E-state index contributed by atoms with van der Waals surface area (Å²) < 4.78 is 27.6. The van der Waals surface area contributed by atoms with Gasteiger partial charge < -0.3 is 9.47 Å². The van der Waals surface area contributed by atoms with Crippen LogP contribution in [0.4, 0.5) is 0 Å². The lowest BCUT2D eigenvalue weighted by atomic mass is 9.94. The predicted octanol–water partition coefficient (Wildman–Crippen LogP) is 0.767. The first-order valence-corrected chi connectivity index (χ1v) is 11.1. The molecular weight excluding hydrogens is 352 g/mol. The molecule has 0 amide bonds. The van der Waals surface area contributed by atoms with Crippen molar-refractivity contribution in [2.75, 3.05) is 31.6 Å². The number of hydrogen-bond acceptors (Lipinski definition) is 6. The van der Waals surface area contributed by atoms with Gasteiger partial charge in [0.1, 0.15) is 5.82 Å². The maximum atomic E-state index is 11.9. The molecule has 9 heteroatoms. The fourth-order valence-electron chi connectivity index (χ4n) is 3.93. The van der Waals surface area contributed by atoms with Crippen molar-refractivity contribution in [2.24, 2.45) is 5.92 Å². The van der Waals surface area contributed by atoms with Gasteiger partial charge in [0.15, 0.2) is 15.7 Å². The van der Waals surface area contributed by atoms with E-state index in [4.69, 9.17) is 10.1 Å². The summed E-state index contributed by atoms with van der Waals surface area (Å²) in [4.78, 5) is 11.2. The number of aromatic nitrogens is 5. The lowest BCUT2D eigenvalue weighted by molar-refractivity contribution is 0.217. The van der Waals surface area contributed by atoms with Crippen molar-refractivity contribution in [3.63, 3.8) is 0 Å². The highest BCUT2D eigenvalue weighted by molar-refractivity contribution is 7.91. The lowest BCUT2D eigenvalue weighted by Crippen LogP contribution is -2.31. The molecule has 0 aromatic carbocycles. The van der Waals surface area contributed by atoms with E-state index in [1.165, 1.54) is 12.8 Å². The minimum atomic E-state index is -2.96. The van der Waals surface area contributed by atoms with Crippen LogP contribution < -0.4 is 0 Å². The molecule has 1 atom stereocenters. The summed E-state index contributed by atoms with van der Waals surface area (Å²) in [5, 5.41) is 4.75. The van der Waals surface area contributed by atoms with E-state index in [9.17, 15) is 8.42 Å². The fourth-order valence-corrected chi connectivity index (χ4v) is 5.62. The van der Waals surface area contributed by atoms with Crippen molar-refractivity contribution in [3.05, 3.63) is 30.4 Å². The number of rotatable bonds is 5. The normalized spacial score (nSPS) is 24.3. The molecule has 2 aliphatic rings. The second kappa shape index (κ2) is 7.11. The number of sulfone groups is 1. The zero-order chi connectivity index (χ0) is 18.1. The topological polar surface area (TPSA) is 85.9 Å². The Labute approximate surface area is 154 Å². The summed E-state index contributed by atoms with van der Waals surface area (Å²) in [7, 11) is -0.800. The first-order valence-electron chi connectivity index (χ1n) is 9.27. The van der Waals surface area contributed by atoms with E-state index in [1.54, 1.807) is 12.5 Å². The highest BCUT2D eigenvalue weighted by Crippen LogP contribution is 2.26. The average molecular weight is 379 g/mol. The molecule has 142 valence electrons. The van der Waals surface area contributed by atoms with Gasteiger partial charge in [-0.25, -0.2) is 23.1 Å². The van der Waals surface area contributed by atoms with Gasteiger partial charge in [-0.2, -0.15) is 5.10 Å². The number of likely N-dealkylation sites (tertiary alicyclic amines) is 1. The van der Waals surface area contributed by atoms with E-state index < -0.39 is 9.84 Å². The zero-order valence-corrected chi connectivity index (χ0v) is 16.0. The number of piperidine rings is 1. The molecule has 2 fully saturated rings. The van der Waals surface area contributed by atoms with Crippen molar-refractivity contribution < 1.29 is 8.42 Å². The Kier molecular flexibility index (Phi) is 4.83. The SMILES string of the molecule is CN1CCC(Cc2nc(Cn3ccnc3)n(C3CCS(=O)(=O)C3)n2)CC1. The molecule has 0 spiro atoms. The van der Waals surface area contributed by atoms with Gasteiger partial charge in [-0.3, -0.25) is 0 Å². The molecule has 1 unspecified atom stereocenters. The van der Waals surface area contributed by atoms with Crippen molar-refractivity contribution >= 4 is 9.84 Å². The lowest BCUT2D eigenvalue weighted by Gasteiger charge is -2.28. The van der Waals surface area contributed by atoms with Gasteiger partial charge in [0.05, 0.1) is 30.4 Å².